The van der Waals surface area contributed by atoms with E-state index in [2.05, 4.69) is 15.3 Å². The van der Waals surface area contributed by atoms with Gasteiger partial charge < -0.3 is 14.2 Å². The van der Waals surface area contributed by atoms with Crippen molar-refractivity contribution in [3.8, 4) is 11.8 Å². The number of esters is 1. The number of sulfonamides is 1. The van der Waals surface area contributed by atoms with Crippen LogP contribution in [0.4, 0.5) is 10.7 Å². The Bertz CT molecular complexity index is 1000. The number of aromatic nitrogens is 2. The van der Waals surface area contributed by atoms with Gasteiger partial charge in [-0.25, -0.2) is 22.7 Å². The second-order valence-electron chi connectivity index (χ2n) is 5.20. The number of nitrogens with one attached hydrogen (secondary N) is 2. The molecule has 27 heavy (non-hydrogen) atoms. The molecule has 1 aliphatic rings. The summed E-state index contributed by atoms with van der Waals surface area (Å²) in [5.41, 5.74) is 0.321. The molecule has 0 saturated carbocycles. The van der Waals surface area contributed by atoms with E-state index in [4.69, 9.17) is 14.2 Å². The van der Waals surface area contributed by atoms with E-state index < -0.39 is 22.0 Å². The highest BCUT2D eigenvalue weighted by Gasteiger charge is 2.31. The van der Waals surface area contributed by atoms with E-state index in [1.165, 1.54) is 32.4 Å². The van der Waals surface area contributed by atoms with Crippen LogP contribution in [0.1, 0.15) is 15.9 Å². The van der Waals surface area contributed by atoms with Crippen LogP contribution in [0.15, 0.2) is 29.2 Å². The highest BCUT2D eigenvalue weighted by molar-refractivity contribution is 7.90. The standard InChI is InChI=1S/C15H14N4O7S/c1-24-10-6-11(25-2)17-14(16-10)18-15(21)19-27(22,23)9-5-3-4-8-7-26-13(20)12(8)9/h3-6H,7H2,1-2H3,(H2,16,17,18,19,21). The van der Waals surface area contributed by atoms with E-state index in [9.17, 15) is 18.0 Å². The van der Waals surface area contributed by atoms with E-state index in [0.29, 0.717) is 5.56 Å². The number of cyclic esters (lactones) is 1. The second kappa shape index (κ2) is 7.07. The normalized spacial score (nSPS) is 12.7. The van der Waals surface area contributed by atoms with Gasteiger partial charge in [0.15, 0.2) is 0 Å². The third-order valence-electron chi connectivity index (χ3n) is 3.51. The van der Waals surface area contributed by atoms with Crippen LogP contribution >= 0.6 is 0 Å². The molecule has 0 atom stereocenters. The fourth-order valence-electron chi connectivity index (χ4n) is 2.34. The SMILES string of the molecule is COc1cc(OC)nc(NC(=O)NS(=O)(=O)c2cccc3c2C(=O)OC3)n1. The molecule has 12 heteroatoms. The van der Waals surface area contributed by atoms with Crippen LogP contribution < -0.4 is 19.5 Å². The Kier molecular flexibility index (Phi) is 4.81. The minimum atomic E-state index is -4.35. The first-order valence-corrected chi connectivity index (χ1v) is 8.92. The van der Waals surface area contributed by atoms with Gasteiger partial charge in [0.1, 0.15) is 11.5 Å². The van der Waals surface area contributed by atoms with Gasteiger partial charge in [0.2, 0.25) is 17.7 Å². The number of hydrogen-bond acceptors (Lipinski definition) is 9. The number of amides is 2. The fourth-order valence-corrected chi connectivity index (χ4v) is 3.49. The van der Waals surface area contributed by atoms with Crippen LogP contribution in [0, 0.1) is 0 Å². The van der Waals surface area contributed by atoms with Crippen molar-refractivity contribution in [3.63, 3.8) is 0 Å². The molecule has 2 aromatic rings. The molecule has 0 aliphatic carbocycles. The molecule has 2 amide bonds. The largest absolute Gasteiger partial charge is 0.481 e. The predicted octanol–water partition coefficient (Wildman–Crippen LogP) is 0.675. The summed E-state index contributed by atoms with van der Waals surface area (Å²) in [6.07, 6.45) is 0. The van der Waals surface area contributed by atoms with Gasteiger partial charge in [-0.05, 0) is 6.07 Å². The number of rotatable bonds is 5. The quantitative estimate of drug-likeness (QED) is 0.699. The lowest BCUT2D eigenvalue weighted by Gasteiger charge is -2.10. The molecular weight excluding hydrogens is 380 g/mol. The van der Waals surface area contributed by atoms with Crippen LogP contribution in [0.2, 0.25) is 0 Å². The summed E-state index contributed by atoms with van der Waals surface area (Å²) in [5.74, 6) is -0.809. The number of carbonyl (C=O) groups is 2. The number of fused-ring (bicyclic) bond motifs is 1. The molecule has 3 rings (SSSR count). The monoisotopic (exact) mass is 394 g/mol. The molecular formula is C15H14N4O7S. The van der Waals surface area contributed by atoms with Crippen LogP contribution in [-0.2, 0) is 21.4 Å². The van der Waals surface area contributed by atoms with Crippen LogP contribution in [0.3, 0.4) is 0 Å². The summed E-state index contributed by atoms with van der Waals surface area (Å²) in [7, 11) is -1.65. The summed E-state index contributed by atoms with van der Waals surface area (Å²) in [5, 5.41) is 2.17. The molecule has 0 fully saturated rings. The number of carbonyl (C=O) groups excluding carboxylic acids is 2. The molecule has 1 aromatic carbocycles. The zero-order valence-corrected chi connectivity index (χ0v) is 15.0. The van der Waals surface area contributed by atoms with Crippen molar-refractivity contribution in [2.75, 3.05) is 19.5 Å². The highest BCUT2D eigenvalue weighted by atomic mass is 32.2. The summed E-state index contributed by atoms with van der Waals surface area (Å²) in [6, 6.07) is 4.46. The lowest BCUT2D eigenvalue weighted by Crippen LogP contribution is -2.35. The van der Waals surface area contributed by atoms with Crippen LogP contribution in [-0.4, -0.2) is 44.6 Å². The van der Waals surface area contributed by atoms with E-state index >= 15 is 0 Å². The summed E-state index contributed by atoms with van der Waals surface area (Å²) in [4.78, 5) is 31.2. The van der Waals surface area contributed by atoms with Gasteiger partial charge in [0, 0.05) is 5.56 Å². The Morgan fingerprint density at radius 1 is 1.19 bits per heavy atom. The lowest BCUT2D eigenvalue weighted by atomic mass is 10.1. The van der Waals surface area contributed by atoms with Crippen molar-refractivity contribution >= 4 is 28.0 Å². The fraction of sp³-hybridized carbons (Fsp3) is 0.200. The Hall–Kier alpha value is -3.41. The van der Waals surface area contributed by atoms with Crippen molar-refractivity contribution < 1.29 is 32.2 Å². The van der Waals surface area contributed by atoms with Crippen LogP contribution in [0.5, 0.6) is 11.8 Å². The third-order valence-corrected chi connectivity index (χ3v) is 4.89. The molecule has 0 spiro atoms. The number of nitrogens with zero attached hydrogens (tertiary/aromatic N) is 2. The first kappa shape index (κ1) is 18.4. The number of anilines is 1. The second-order valence-corrected chi connectivity index (χ2v) is 6.85. The van der Waals surface area contributed by atoms with E-state index in [0.717, 1.165) is 0 Å². The van der Waals surface area contributed by atoms with Crippen molar-refractivity contribution in [2.24, 2.45) is 0 Å². The highest BCUT2D eigenvalue weighted by Crippen LogP contribution is 2.26. The molecule has 1 aromatic heterocycles. The Balaban J connectivity index is 1.83. The average Bonchev–Trinajstić information content (AvgIpc) is 3.02. The molecule has 0 bridgehead atoms. The van der Waals surface area contributed by atoms with E-state index in [-0.39, 0.29) is 34.8 Å². The molecule has 0 unspecified atom stereocenters. The maximum Gasteiger partial charge on any atom is 0.340 e. The zero-order chi connectivity index (χ0) is 19.6. The molecule has 2 heterocycles. The van der Waals surface area contributed by atoms with Gasteiger partial charge in [0.25, 0.3) is 10.0 Å². The molecule has 0 radical (unpaired) electrons. The number of methoxy groups -OCH3 is 2. The molecule has 142 valence electrons. The molecule has 11 nitrogen and oxygen atoms in total. The predicted molar refractivity (Wildman–Crippen MR) is 90.0 cm³/mol. The van der Waals surface area contributed by atoms with Crippen molar-refractivity contribution in [2.45, 2.75) is 11.5 Å². The summed E-state index contributed by atoms with van der Waals surface area (Å²) >= 11 is 0. The lowest BCUT2D eigenvalue weighted by molar-refractivity contribution is 0.0532. The Morgan fingerprint density at radius 3 is 2.48 bits per heavy atom. The van der Waals surface area contributed by atoms with Crippen molar-refractivity contribution in [3.05, 3.63) is 35.4 Å². The Labute approximate surface area is 153 Å². The summed E-state index contributed by atoms with van der Waals surface area (Å²) < 4.78 is 41.5. The Morgan fingerprint density at radius 2 is 1.85 bits per heavy atom. The van der Waals surface area contributed by atoms with Gasteiger partial charge in [-0.3, -0.25) is 5.32 Å². The van der Waals surface area contributed by atoms with Crippen molar-refractivity contribution in [1.29, 1.82) is 0 Å². The molecule has 2 N–H and O–H groups in total. The summed E-state index contributed by atoms with van der Waals surface area (Å²) in [6.45, 7) is -0.0266. The minimum Gasteiger partial charge on any atom is -0.481 e. The third kappa shape index (κ3) is 3.74. The maximum atomic E-state index is 12.5. The zero-order valence-electron chi connectivity index (χ0n) is 14.2. The minimum absolute atomic E-state index is 0.0266. The van der Waals surface area contributed by atoms with Gasteiger partial charge >= 0.3 is 12.0 Å². The topological polar surface area (TPSA) is 146 Å². The molecule has 0 saturated heterocycles. The first-order chi connectivity index (χ1) is 12.8. The number of hydrogen-bond donors (Lipinski definition) is 2. The first-order valence-electron chi connectivity index (χ1n) is 7.44. The smallest absolute Gasteiger partial charge is 0.340 e. The van der Waals surface area contributed by atoms with E-state index in [1.54, 1.807) is 10.8 Å². The van der Waals surface area contributed by atoms with Gasteiger partial charge in [-0.2, -0.15) is 9.97 Å². The number of urea groups is 1. The average molecular weight is 394 g/mol. The number of ether oxygens (including phenoxy) is 3. The van der Waals surface area contributed by atoms with Gasteiger partial charge in [-0.15, -0.1) is 0 Å². The van der Waals surface area contributed by atoms with Gasteiger partial charge in [0.05, 0.1) is 25.8 Å². The number of benzene rings is 1. The van der Waals surface area contributed by atoms with Gasteiger partial charge in [-0.1, -0.05) is 12.1 Å². The van der Waals surface area contributed by atoms with Crippen molar-refractivity contribution in [1.82, 2.24) is 14.7 Å². The molecule has 1 aliphatic heterocycles. The maximum absolute atomic E-state index is 12.5. The van der Waals surface area contributed by atoms with E-state index in [1.807, 2.05) is 0 Å². The van der Waals surface area contributed by atoms with Crippen LogP contribution in [0.25, 0.3) is 0 Å².